The lowest BCUT2D eigenvalue weighted by molar-refractivity contribution is 0.248. The Labute approximate surface area is 130 Å². The van der Waals surface area contributed by atoms with Crippen molar-refractivity contribution in [2.75, 3.05) is 46.3 Å². The fourth-order valence-electron chi connectivity index (χ4n) is 3.10. The highest BCUT2D eigenvalue weighted by molar-refractivity contribution is 5.18. The average molecular weight is 289 g/mol. The van der Waals surface area contributed by atoms with Gasteiger partial charge >= 0.3 is 0 Å². The number of likely N-dealkylation sites (N-methyl/N-ethyl adjacent to an activating group) is 1. The van der Waals surface area contributed by atoms with E-state index < -0.39 is 0 Å². The van der Waals surface area contributed by atoms with Gasteiger partial charge in [0, 0.05) is 19.1 Å². The molecule has 21 heavy (non-hydrogen) atoms. The molecular weight excluding hydrogens is 258 g/mol. The van der Waals surface area contributed by atoms with Crippen molar-refractivity contribution in [3.8, 4) is 0 Å². The van der Waals surface area contributed by atoms with E-state index >= 15 is 0 Å². The number of benzene rings is 1. The Morgan fingerprint density at radius 3 is 2.52 bits per heavy atom. The van der Waals surface area contributed by atoms with Gasteiger partial charge in [-0.05, 0) is 58.1 Å². The summed E-state index contributed by atoms with van der Waals surface area (Å²) >= 11 is 0. The van der Waals surface area contributed by atoms with E-state index in [1.54, 1.807) is 0 Å². The zero-order valence-corrected chi connectivity index (χ0v) is 13.7. The second kappa shape index (κ2) is 9.19. The quantitative estimate of drug-likeness (QED) is 0.754. The molecule has 0 radical (unpaired) electrons. The van der Waals surface area contributed by atoms with Gasteiger partial charge in [-0.1, -0.05) is 37.3 Å². The number of nitrogens with zero attached hydrogens (tertiary/aromatic N) is 2. The summed E-state index contributed by atoms with van der Waals surface area (Å²) in [7, 11) is 2.25. The molecule has 1 aliphatic rings. The predicted molar refractivity (Wildman–Crippen MR) is 90.6 cm³/mol. The molecule has 0 aliphatic carbocycles. The first-order valence-corrected chi connectivity index (χ1v) is 8.49. The normalized spacial score (nSPS) is 17.5. The molecule has 1 unspecified atom stereocenters. The molecule has 0 spiro atoms. The van der Waals surface area contributed by atoms with Gasteiger partial charge in [0.05, 0.1) is 0 Å². The molecule has 3 heteroatoms. The summed E-state index contributed by atoms with van der Waals surface area (Å²) in [6.45, 7) is 9.39. The van der Waals surface area contributed by atoms with Crippen LogP contribution in [0, 0.1) is 0 Å². The van der Waals surface area contributed by atoms with Crippen molar-refractivity contribution < 1.29 is 0 Å². The summed E-state index contributed by atoms with van der Waals surface area (Å²) in [4.78, 5) is 5.07. The number of rotatable bonds is 9. The Balaban J connectivity index is 1.73. The van der Waals surface area contributed by atoms with Crippen LogP contribution in [-0.2, 0) is 0 Å². The lowest BCUT2D eigenvalue weighted by Crippen LogP contribution is -2.33. The molecule has 0 amide bonds. The second-order valence-electron chi connectivity index (χ2n) is 6.16. The highest BCUT2D eigenvalue weighted by Crippen LogP contribution is 2.16. The van der Waals surface area contributed by atoms with Crippen LogP contribution in [0.5, 0.6) is 0 Å². The Bertz CT molecular complexity index is 373. The van der Waals surface area contributed by atoms with E-state index in [-0.39, 0.29) is 0 Å². The Kier molecular flexibility index (Phi) is 7.20. The van der Waals surface area contributed by atoms with Crippen LogP contribution in [0.1, 0.15) is 37.8 Å². The van der Waals surface area contributed by atoms with Crippen molar-refractivity contribution in [1.29, 1.82) is 0 Å². The van der Waals surface area contributed by atoms with E-state index in [1.165, 1.54) is 51.0 Å². The molecule has 1 saturated heterocycles. The summed E-state index contributed by atoms with van der Waals surface area (Å²) in [5.41, 5.74) is 1.41. The first-order chi connectivity index (χ1) is 10.3. The second-order valence-corrected chi connectivity index (χ2v) is 6.16. The van der Waals surface area contributed by atoms with Gasteiger partial charge in [0.25, 0.3) is 0 Å². The lowest BCUT2D eigenvalue weighted by Gasteiger charge is -2.24. The molecule has 0 saturated carbocycles. The van der Waals surface area contributed by atoms with Crippen LogP contribution >= 0.6 is 0 Å². The van der Waals surface area contributed by atoms with E-state index in [2.05, 4.69) is 59.4 Å². The zero-order chi connectivity index (χ0) is 14.9. The summed E-state index contributed by atoms with van der Waals surface area (Å²) < 4.78 is 0. The molecule has 0 bridgehead atoms. The molecule has 1 atom stereocenters. The maximum absolute atomic E-state index is 3.61. The minimum atomic E-state index is 0.477. The van der Waals surface area contributed by atoms with Gasteiger partial charge < -0.3 is 15.1 Å². The van der Waals surface area contributed by atoms with Crippen molar-refractivity contribution >= 4 is 0 Å². The number of nitrogens with one attached hydrogen (secondary N) is 1. The molecule has 3 nitrogen and oxygen atoms in total. The van der Waals surface area contributed by atoms with Crippen molar-refractivity contribution in [1.82, 2.24) is 15.1 Å². The van der Waals surface area contributed by atoms with E-state index in [4.69, 9.17) is 0 Å². The van der Waals surface area contributed by atoms with Crippen LogP contribution < -0.4 is 5.32 Å². The van der Waals surface area contributed by atoms with E-state index in [0.29, 0.717) is 6.04 Å². The third kappa shape index (κ3) is 5.77. The van der Waals surface area contributed by atoms with Gasteiger partial charge in [0.15, 0.2) is 0 Å². The first kappa shape index (κ1) is 16.5. The van der Waals surface area contributed by atoms with Crippen LogP contribution in [-0.4, -0.2) is 56.1 Å². The third-order valence-corrected chi connectivity index (χ3v) is 4.45. The first-order valence-electron chi connectivity index (χ1n) is 8.49. The molecule has 1 fully saturated rings. The van der Waals surface area contributed by atoms with E-state index in [9.17, 15) is 0 Å². The monoisotopic (exact) mass is 289 g/mol. The Morgan fingerprint density at radius 2 is 1.86 bits per heavy atom. The third-order valence-electron chi connectivity index (χ3n) is 4.45. The fraction of sp³-hybridized carbons (Fsp3) is 0.667. The van der Waals surface area contributed by atoms with Gasteiger partial charge in [-0.25, -0.2) is 0 Å². The van der Waals surface area contributed by atoms with Gasteiger partial charge in [-0.3, -0.25) is 0 Å². The van der Waals surface area contributed by atoms with Gasteiger partial charge in [-0.2, -0.15) is 0 Å². The number of hydrogen-bond acceptors (Lipinski definition) is 3. The molecule has 118 valence electrons. The predicted octanol–water partition coefficient (Wildman–Crippen LogP) is 2.75. The van der Waals surface area contributed by atoms with Crippen LogP contribution in [0.4, 0.5) is 0 Å². The maximum Gasteiger partial charge on any atom is 0.0332 e. The van der Waals surface area contributed by atoms with Gasteiger partial charge in [-0.15, -0.1) is 0 Å². The number of likely N-dealkylation sites (tertiary alicyclic amines) is 1. The lowest BCUT2D eigenvalue weighted by atomic mass is 10.0. The molecule has 1 aliphatic heterocycles. The minimum absolute atomic E-state index is 0.477. The Morgan fingerprint density at radius 1 is 1.14 bits per heavy atom. The summed E-state index contributed by atoms with van der Waals surface area (Å²) in [5, 5.41) is 3.61. The summed E-state index contributed by atoms with van der Waals surface area (Å²) in [5.74, 6) is 0. The standard InChI is InChI=1S/C18H31N3/c1-3-19-18(17-9-5-4-6-10-17)11-14-20(2)15-16-21-12-7-8-13-21/h4-6,9-10,18-19H,3,7-8,11-16H2,1-2H3. The molecule has 1 N–H and O–H groups in total. The topological polar surface area (TPSA) is 18.5 Å². The Hall–Kier alpha value is -0.900. The smallest absolute Gasteiger partial charge is 0.0332 e. The van der Waals surface area contributed by atoms with E-state index in [0.717, 1.165) is 13.1 Å². The summed E-state index contributed by atoms with van der Waals surface area (Å²) in [6, 6.07) is 11.3. The van der Waals surface area contributed by atoms with E-state index in [1.807, 2.05) is 0 Å². The molecule has 1 aromatic rings. The SMILES string of the molecule is CCNC(CCN(C)CCN1CCCC1)c1ccccc1. The van der Waals surface area contributed by atoms with Crippen molar-refractivity contribution in [2.24, 2.45) is 0 Å². The zero-order valence-electron chi connectivity index (χ0n) is 13.7. The molecule has 1 heterocycles. The minimum Gasteiger partial charge on any atom is -0.310 e. The van der Waals surface area contributed by atoms with Crippen LogP contribution in [0.15, 0.2) is 30.3 Å². The van der Waals surface area contributed by atoms with Crippen molar-refractivity contribution in [2.45, 2.75) is 32.2 Å². The van der Waals surface area contributed by atoms with Gasteiger partial charge in [0.2, 0.25) is 0 Å². The largest absolute Gasteiger partial charge is 0.310 e. The molecule has 1 aromatic carbocycles. The number of hydrogen-bond donors (Lipinski definition) is 1. The van der Waals surface area contributed by atoms with Crippen molar-refractivity contribution in [3.63, 3.8) is 0 Å². The molecular formula is C18H31N3. The molecule has 0 aromatic heterocycles. The average Bonchev–Trinajstić information content (AvgIpc) is 3.03. The highest BCUT2D eigenvalue weighted by atomic mass is 15.2. The molecule has 2 rings (SSSR count). The van der Waals surface area contributed by atoms with Crippen LogP contribution in [0.25, 0.3) is 0 Å². The van der Waals surface area contributed by atoms with Crippen LogP contribution in [0.3, 0.4) is 0 Å². The summed E-state index contributed by atoms with van der Waals surface area (Å²) in [6.07, 6.45) is 3.95. The fourth-order valence-corrected chi connectivity index (χ4v) is 3.10. The maximum atomic E-state index is 3.61. The van der Waals surface area contributed by atoms with Crippen molar-refractivity contribution in [3.05, 3.63) is 35.9 Å². The highest BCUT2D eigenvalue weighted by Gasteiger charge is 2.13. The van der Waals surface area contributed by atoms with Gasteiger partial charge in [0.1, 0.15) is 0 Å². The van der Waals surface area contributed by atoms with Crippen LogP contribution in [0.2, 0.25) is 0 Å².